The number of nitrogens with zero attached hydrogens (tertiary/aromatic N) is 4. The molecule has 9 heteroatoms. The molecule has 1 aromatic carbocycles. The van der Waals surface area contributed by atoms with E-state index in [1.165, 1.54) is 11.1 Å². The highest BCUT2D eigenvalue weighted by Gasteiger charge is 2.28. The van der Waals surface area contributed by atoms with Gasteiger partial charge in [-0.25, -0.2) is 4.98 Å². The Bertz CT molecular complexity index is 983. The zero-order valence-corrected chi connectivity index (χ0v) is 16.9. The van der Waals surface area contributed by atoms with Crippen LogP contribution < -0.4 is 15.0 Å². The van der Waals surface area contributed by atoms with Crippen LogP contribution in [0.15, 0.2) is 36.5 Å². The average Bonchev–Trinajstić information content (AvgIpc) is 2.80. The van der Waals surface area contributed by atoms with Crippen molar-refractivity contribution >= 4 is 29.2 Å². The molecule has 0 radical (unpaired) electrons. The zero-order valence-electron chi connectivity index (χ0n) is 16.9. The molecule has 156 valence electrons. The molecule has 3 heterocycles. The van der Waals surface area contributed by atoms with Crippen molar-refractivity contribution in [2.24, 2.45) is 0 Å². The molecule has 1 aromatic heterocycles. The van der Waals surface area contributed by atoms with Crippen LogP contribution in [0.1, 0.15) is 20.7 Å². The summed E-state index contributed by atoms with van der Waals surface area (Å²) in [6, 6.07) is 8.68. The molecule has 0 aliphatic carbocycles. The topological polar surface area (TPSA) is 95.1 Å². The van der Waals surface area contributed by atoms with Gasteiger partial charge in [0.25, 0.3) is 11.8 Å². The zero-order chi connectivity index (χ0) is 21.3. The molecule has 30 heavy (non-hydrogen) atoms. The summed E-state index contributed by atoms with van der Waals surface area (Å²) in [5.74, 6) is 0.978. The van der Waals surface area contributed by atoms with Crippen molar-refractivity contribution in [1.82, 2.24) is 14.8 Å². The average molecular weight is 409 g/mol. The summed E-state index contributed by atoms with van der Waals surface area (Å²) in [5, 5.41) is 2.95. The number of carbonyl (C=O) groups excluding carboxylic acids is 3. The number of fused-ring (bicyclic) bond motifs is 1. The monoisotopic (exact) mass is 409 g/mol. The third-order valence-corrected chi connectivity index (χ3v) is 5.45. The van der Waals surface area contributed by atoms with Crippen LogP contribution >= 0.6 is 0 Å². The summed E-state index contributed by atoms with van der Waals surface area (Å²) < 4.78 is 5.12. The SMILES string of the molecule is COc1ccc(C(=O)N2CCN(C(=O)c3cnc4c(c3)N(C)C(=O)CN4)CC2)cc1. The summed E-state index contributed by atoms with van der Waals surface area (Å²) >= 11 is 0. The van der Waals surface area contributed by atoms with E-state index in [0.29, 0.717) is 54.6 Å². The molecule has 2 aromatic rings. The van der Waals surface area contributed by atoms with Crippen molar-refractivity contribution in [2.75, 3.05) is 57.1 Å². The van der Waals surface area contributed by atoms with Crippen molar-refractivity contribution in [3.8, 4) is 5.75 Å². The second-order valence-electron chi connectivity index (χ2n) is 7.21. The van der Waals surface area contributed by atoms with E-state index >= 15 is 0 Å². The first kappa shape index (κ1) is 19.7. The quantitative estimate of drug-likeness (QED) is 0.815. The van der Waals surface area contributed by atoms with Gasteiger partial charge in [0, 0.05) is 45.0 Å². The number of rotatable bonds is 3. The standard InChI is InChI=1S/C21H23N5O4/c1-24-17-11-15(12-22-19(17)23-13-18(24)27)21(29)26-9-7-25(8-10-26)20(28)14-3-5-16(30-2)6-4-14/h3-6,11-12H,7-10,13H2,1-2H3,(H,22,23). The smallest absolute Gasteiger partial charge is 0.255 e. The van der Waals surface area contributed by atoms with Crippen molar-refractivity contribution in [3.05, 3.63) is 47.7 Å². The molecule has 2 aliphatic heterocycles. The van der Waals surface area contributed by atoms with Crippen LogP contribution in [0.3, 0.4) is 0 Å². The van der Waals surface area contributed by atoms with Crippen LogP contribution in [-0.2, 0) is 4.79 Å². The highest BCUT2D eigenvalue weighted by molar-refractivity contribution is 6.03. The molecule has 0 spiro atoms. The Morgan fingerprint density at radius 2 is 1.60 bits per heavy atom. The summed E-state index contributed by atoms with van der Waals surface area (Å²) in [5.41, 5.74) is 1.60. The van der Waals surface area contributed by atoms with Gasteiger partial charge in [-0.2, -0.15) is 0 Å². The van der Waals surface area contributed by atoms with E-state index in [2.05, 4.69) is 10.3 Å². The molecule has 1 fully saturated rings. The lowest BCUT2D eigenvalue weighted by Crippen LogP contribution is -2.50. The first-order valence-electron chi connectivity index (χ1n) is 9.71. The molecule has 9 nitrogen and oxygen atoms in total. The number of methoxy groups -OCH3 is 1. The van der Waals surface area contributed by atoms with Crippen LogP contribution in [0.4, 0.5) is 11.5 Å². The fourth-order valence-electron chi connectivity index (χ4n) is 3.59. The van der Waals surface area contributed by atoms with Gasteiger partial charge in [-0.1, -0.05) is 0 Å². The van der Waals surface area contributed by atoms with Gasteiger partial charge in [0.1, 0.15) is 11.6 Å². The van der Waals surface area contributed by atoms with E-state index in [0.717, 1.165) is 0 Å². The molecule has 1 saturated heterocycles. The number of carbonyl (C=O) groups is 3. The predicted octanol–water partition coefficient (Wildman–Crippen LogP) is 1.08. The lowest BCUT2D eigenvalue weighted by molar-refractivity contribution is -0.116. The molecule has 4 rings (SSSR count). The summed E-state index contributed by atoms with van der Waals surface area (Å²) in [4.78, 5) is 46.8. The van der Waals surface area contributed by atoms with Crippen LogP contribution in [0, 0.1) is 0 Å². The Kier molecular flexibility index (Phi) is 5.26. The number of ether oxygens (including phenoxy) is 1. The Morgan fingerprint density at radius 1 is 1.00 bits per heavy atom. The minimum atomic E-state index is -0.159. The molecular formula is C21H23N5O4. The number of hydrogen-bond donors (Lipinski definition) is 1. The molecule has 0 bridgehead atoms. The first-order chi connectivity index (χ1) is 14.5. The van der Waals surface area contributed by atoms with Gasteiger partial charge in [-0.05, 0) is 30.3 Å². The number of pyridine rings is 1. The molecule has 0 saturated carbocycles. The van der Waals surface area contributed by atoms with E-state index in [9.17, 15) is 14.4 Å². The van der Waals surface area contributed by atoms with Gasteiger partial charge in [-0.15, -0.1) is 0 Å². The number of nitrogens with one attached hydrogen (secondary N) is 1. The molecule has 2 aliphatic rings. The summed E-state index contributed by atoms with van der Waals surface area (Å²) in [6.07, 6.45) is 1.52. The summed E-state index contributed by atoms with van der Waals surface area (Å²) in [6.45, 7) is 1.97. The second-order valence-corrected chi connectivity index (χ2v) is 7.21. The van der Waals surface area contributed by atoms with E-state index < -0.39 is 0 Å². The molecule has 0 atom stereocenters. The predicted molar refractivity (Wildman–Crippen MR) is 111 cm³/mol. The normalized spacial score (nSPS) is 16.1. The largest absolute Gasteiger partial charge is 0.497 e. The van der Waals surface area contributed by atoms with Crippen LogP contribution in [0.25, 0.3) is 0 Å². The Hall–Kier alpha value is -3.62. The summed E-state index contributed by atoms with van der Waals surface area (Å²) in [7, 11) is 3.25. The van der Waals surface area contributed by atoms with Crippen LogP contribution in [0.2, 0.25) is 0 Å². The Balaban J connectivity index is 1.41. The lowest BCUT2D eigenvalue weighted by atomic mass is 10.1. The number of aromatic nitrogens is 1. The van der Waals surface area contributed by atoms with Crippen molar-refractivity contribution in [1.29, 1.82) is 0 Å². The number of amides is 3. The van der Waals surface area contributed by atoms with Gasteiger partial charge in [0.05, 0.1) is 24.9 Å². The third kappa shape index (κ3) is 3.66. The number of anilines is 2. The molecule has 3 amide bonds. The molecular weight excluding hydrogens is 386 g/mol. The minimum absolute atomic E-state index is 0.0635. The van der Waals surface area contributed by atoms with Gasteiger partial charge in [-0.3, -0.25) is 14.4 Å². The maximum absolute atomic E-state index is 12.9. The Morgan fingerprint density at radius 3 is 2.20 bits per heavy atom. The Labute approximate surface area is 174 Å². The van der Waals surface area contributed by atoms with E-state index in [1.807, 2.05) is 0 Å². The highest BCUT2D eigenvalue weighted by Crippen LogP contribution is 2.27. The van der Waals surface area contributed by atoms with Gasteiger partial charge in [0.15, 0.2) is 0 Å². The van der Waals surface area contributed by atoms with Crippen molar-refractivity contribution in [3.63, 3.8) is 0 Å². The number of piperazine rings is 1. The lowest BCUT2D eigenvalue weighted by Gasteiger charge is -2.35. The molecule has 1 N–H and O–H groups in total. The van der Waals surface area contributed by atoms with E-state index in [-0.39, 0.29) is 24.3 Å². The number of hydrogen-bond acceptors (Lipinski definition) is 6. The fraction of sp³-hybridized carbons (Fsp3) is 0.333. The number of likely N-dealkylation sites (N-methyl/N-ethyl adjacent to an activating group) is 1. The maximum atomic E-state index is 12.9. The number of benzene rings is 1. The van der Waals surface area contributed by atoms with Gasteiger partial charge >= 0.3 is 0 Å². The van der Waals surface area contributed by atoms with Crippen molar-refractivity contribution in [2.45, 2.75) is 0 Å². The minimum Gasteiger partial charge on any atom is -0.497 e. The van der Waals surface area contributed by atoms with Crippen LogP contribution in [-0.4, -0.2) is 79.4 Å². The highest BCUT2D eigenvalue weighted by atomic mass is 16.5. The van der Waals surface area contributed by atoms with Crippen LogP contribution in [0.5, 0.6) is 5.75 Å². The fourth-order valence-corrected chi connectivity index (χ4v) is 3.59. The van der Waals surface area contributed by atoms with Gasteiger partial charge in [0.2, 0.25) is 5.91 Å². The van der Waals surface area contributed by atoms with Gasteiger partial charge < -0.3 is 24.8 Å². The van der Waals surface area contributed by atoms with E-state index in [1.54, 1.807) is 54.3 Å². The maximum Gasteiger partial charge on any atom is 0.255 e. The first-order valence-corrected chi connectivity index (χ1v) is 9.71. The second kappa shape index (κ2) is 8.02. The van der Waals surface area contributed by atoms with Crippen molar-refractivity contribution < 1.29 is 19.1 Å². The molecule has 0 unspecified atom stereocenters. The third-order valence-electron chi connectivity index (χ3n) is 5.45. The van der Waals surface area contributed by atoms with E-state index in [4.69, 9.17) is 4.74 Å².